The van der Waals surface area contributed by atoms with Gasteiger partial charge in [-0.2, -0.15) is 0 Å². The smallest absolute Gasteiger partial charge is 0.355 e. The number of esters is 1. The van der Waals surface area contributed by atoms with Crippen molar-refractivity contribution in [1.29, 1.82) is 0 Å². The van der Waals surface area contributed by atoms with Crippen molar-refractivity contribution < 1.29 is 46.2 Å². The first-order chi connectivity index (χ1) is 32.7. The van der Waals surface area contributed by atoms with E-state index in [4.69, 9.17) is 9.26 Å². The summed E-state index contributed by atoms with van der Waals surface area (Å²) in [7, 11) is -2.53. The Labute approximate surface area is 399 Å². The molecule has 1 aromatic heterocycles. The number of para-hydroxylation sites is 1. The molecule has 8 atom stereocenters. The molecule has 364 valence electrons. The molecule has 2 N–H and O–H groups in total. The van der Waals surface area contributed by atoms with Crippen molar-refractivity contribution in [3.05, 3.63) is 101 Å². The van der Waals surface area contributed by atoms with Gasteiger partial charge in [0.2, 0.25) is 24.2 Å². The van der Waals surface area contributed by atoms with Crippen LogP contribution >= 0.6 is 18.9 Å². The molecular weight excluding hydrogens is 915 g/mol. The number of hydrogen-bond donors (Lipinski definition) is 2. The number of likely N-dealkylation sites (tertiary alicyclic amines) is 1. The van der Waals surface area contributed by atoms with Gasteiger partial charge in [0.25, 0.3) is 5.91 Å². The number of rotatable bonds is 16. The summed E-state index contributed by atoms with van der Waals surface area (Å²) in [6.07, 6.45) is 4.29. The zero-order chi connectivity index (χ0) is 47.9. The molecule has 17 heteroatoms. The van der Waals surface area contributed by atoms with Gasteiger partial charge in [0.15, 0.2) is 0 Å². The molecule has 68 heavy (non-hydrogen) atoms. The predicted octanol–water partition coefficient (Wildman–Crippen LogP) is 9.61. The Kier molecular flexibility index (Phi) is 14.1. The number of alkyl halides is 3. The van der Waals surface area contributed by atoms with Gasteiger partial charge in [-0.05, 0) is 131 Å². The van der Waals surface area contributed by atoms with Gasteiger partial charge in [-0.15, -0.1) is 11.3 Å². The summed E-state index contributed by atoms with van der Waals surface area (Å²) in [5, 5.41) is 6.12. The Bertz CT molecular complexity index is 2530. The zero-order valence-corrected chi connectivity index (χ0v) is 40.4. The third-order valence-corrected chi connectivity index (χ3v) is 18.3. The molecule has 4 aromatic rings. The Hall–Kier alpha value is -4.76. The molecular formula is C51H61F3N5O7PS. The van der Waals surface area contributed by atoms with Crippen LogP contribution < -0.4 is 14.9 Å². The maximum Gasteiger partial charge on any atom is 0.355 e. The van der Waals surface area contributed by atoms with E-state index in [1.807, 2.05) is 37.1 Å². The average Bonchev–Trinajstić information content (AvgIpc) is 3.59. The van der Waals surface area contributed by atoms with Crippen molar-refractivity contribution >= 4 is 52.6 Å². The number of fused-ring (bicyclic) bond motifs is 2. The zero-order valence-electron chi connectivity index (χ0n) is 38.7. The fraction of sp³-hybridized carbons (Fsp3) is 0.529. The van der Waals surface area contributed by atoms with E-state index in [1.165, 1.54) is 36.8 Å². The molecule has 2 aliphatic carbocycles. The Morgan fingerprint density at radius 2 is 1.65 bits per heavy atom. The lowest BCUT2D eigenvalue weighted by Crippen LogP contribution is -2.59. The normalized spacial score (nSPS) is 27.2. The number of amides is 3. The lowest BCUT2D eigenvalue weighted by molar-refractivity contribution is -0.148. The molecule has 2 saturated carbocycles. The van der Waals surface area contributed by atoms with Gasteiger partial charge >= 0.3 is 13.5 Å². The SMILES string of the molecule is CCCOC(=O)[C@H](C)N[P@@](=O)(Oc1ccccc1)[C@@H](F)c1ccc2sc(C(=O)N[C@H]3CC[C@H](N(C)C4CC(C(F)F)C4)C[C@H]4CC[C@@H](C(=O)N5C[C@H](c6ccccc6)CC56CC6)N4C3=O)cc2c1. The van der Waals surface area contributed by atoms with Crippen LogP contribution in [-0.2, 0) is 23.7 Å². The first-order valence-corrected chi connectivity index (χ1v) is 26.6. The van der Waals surface area contributed by atoms with Crippen LogP contribution in [0.2, 0.25) is 0 Å². The maximum absolute atomic E-state index is 16.7. The van der Waals surface area contributed by atoms with Crippen LogP contribution in [-0.4, -0.2) is 107 Å². The number of carbonyl (C=O) groups excluding carboxylic acids is 4. The van der Waals surface area contributed by atoms with Gasteiger partial charge in [-0.3, -0.25) is 23.7 Å². The summed E-state index contributed by atoms with van der Waals surface area (Å²) in [5.74, 6) is -4.08. The van der Waals surface area contributed by atoms with Gasteiger partial charge in [0, 0.05) is 46.7 Å². The van der Waals surface area contributed by atoms with Crippen molar-refractivity contribution in [1.82, 2.24) is 25.1 Å². The summed E-state index contributed by atoms with van der Waals surface area (Å²) in [4.78, 5) is 63.1. The van der Waals surface area contributed by atoms with Gasteiger partial charge in [0.05, 0.1) is 11.5 Å². The lowest BCUT2D eigenvalue weighted by Gasteiger charge is -2.47. The molecule has 3 aromatic carbocycles. The van der Waals surface area contributed by atoms with E-state index < -0.39 is 55.8 Å². The van der Waals surface area contributed by atoms with Crippen LogP contribution in [0.15, 0.2) is 84.9 Å². The summed E-state index contributed by atoms with van der Waals surface area (Å²) in [6.45, 7) is 3.99. The lowest BCUT2D eigenvalue weighted by atomic mass is 9.78. The second kappa shape index (κ2) is 19.9. The summed E-state index contributed by atoms with van der Waals surface area (Å²) in [5.41, 5.74) is 0.985. The second-order valence-corrected chi connectivity index (χ2v) is 22.8. The monoisotopic (exact) mass is 975 g/mol. The number of hydrogen-bond acceptors (Lipinski definition) is 9. The molecule has 4 heterocycles. The van der Waals surface area contributed by atoms with Crippen molar-refractivity contribution in [3.63, 3.8) is 0 Å². The highest BCUT2D eigenvalue weighted by Gasteiger charge is 2.59. The highest BCUT2D eigenvalue weighted by atomic mass is 32.1. The number of ether oxygens (including phenoxy) is 1. The van der Waals surface area contributed by atoms with Crippen molar-refractivity contribution in [2.24, 2.45) is 5.92 Å². The largest absolute Gasteiger partial charge is 0.465 e. The van der Waals surface area contributed by atoms with Gasteiger partial charge < -0.3 is 29.3 Å². The van der Waals surface area contributed by atoms with Crippen LogP contribution in [0.3, 0.4) is 0 Å². The third kappa shape index (κ3) is 9.85. The van der Waals surface area contributed by atoms with Crippen molar-refractivity contribution in [2.45, 2.75) is 145 Å². The van der Waals surface area contributed by atoms with Crippen molar-refractivity contribution in [3.8, 4) is 5.75 Å². The van der Waals surface area contributed by atoms with E-state index in [2.05, 4.69) is 27.4 Å². The molecule has 5 aliphatic rings. The molecule has 12 nitrogen and oxygen atoms in total. The number of nitrogens with one attached hydrogen (secondary N) is 2. The Morgan fingerprint density at radius 1 is 0.926 bits per heavy atom. The standard InChI is InChI=1S/C51H61F3N5O7PS/c1-4-23-65-50(63)31(2)56-67(64,66-40-13-9-6-10-14-40)46(54)33-15-20-43-34(24-33)27-44(68-43)47(60)55-41-18-16-37(57(3)39-25-35(26-39)45(52)53)28-38-17-19-42(59(38)48(41)61)49(62)58-30-36(29-51(58)21-22-51)32-11-7-5-8-12-32/h5-15,20,24,27,31,35-39,41-42,45-46H,4,16-19,21-23,25-26,28-30H2,1-3H3,(H,55,60)(H,56,64)/t31-,35?,36+,37-,38+,39?,41-,42-,46+,67-/m0/s1. The molecule has 3 aliphatic heterocycles. The summed E-state index contributed by atoms with van der Waals surface area (Å²) in [6, 6.07) is 21.4. The Balaban J connectivity index is 0.954. The van der Waals surface area contributed by atoms with E-state index in [1.54, 1.807) is 35.2 Å². The van der Waals surface area contributed by atoms with Crippen LogP contribution in [0.25, 0.3) is 10.1 Å². The van der Waals surface area contributed by atoms with E-state index >= 15 is 4.39 Å². The average molecular weight is 976 g/mol. The molecule has 0 bridgehead atoms. The van der Waals surface area contributed by atoms with Crippen molar-refractivity contribution in [2.75, 3.05) is 20.2 Å². The fourth-order valence-corrected chi connectivity index (χ4v) is 13.9. The number of benzene rings is 3. The second-order valence-electron chi connectivity index (χ2n) is 19.6. The molecule has 3 amide bonds. The van der Waals surface area contributed by atoms with E-state index in [0.717, 1.165) is 30.6 Å². The summed E-state index contributed by atoms with van der Waals surface area (Å²) < 4.78 is 70.0. The minimum absolute atomic E-state index is 0.00306. The van der Waals surface area contributed by atoms with E-state index in [9.17, 15) is 32.5 Å². The molecule has 0 radical (unpaired) electrons. The number of carbonyl (C=O) groups is 4. The first kappa shape index (κ1) is 48.3. The fourth-order valence-electron chi connectivity index (χ4n) is 11.0. The van der Waals surface area contributed by atoms with Crippen LogP contribution in [0, 0.1) is 5.92 Å². The predicted molar refractivity (Wildman–Crippen MR) is 255 cm³/mol. The highest BCUT2D eigenvalue weighted by molar-refractivity contribution is 7.57. The van der Waals surface area contributed by atoms with E-state index in [0.29, 0.717) is 61.6 Å². The number of thiophene rings is 1. The minimum Gasteiger partial charge on any atom is -0.465 e. The van der Waals surface area contributed by atoms with Gasteiger partial charge in [-0.1, -0.05) is 61.5 Å². The maximum atomic E-state index is 16.7. The topological polar surface area (TPSA) is 138 Å². The summed E-state index contributed by atoms with van der Waals surface area (Å²) >= 11 is 1.16. The van der Waals surface area contributed by atoms with Crippen LogP contribution in [0.1, 0.15) is 117 Å². The first-order valence-electron chi connectivity index (χ1n) is 24.1. The van der Waals surface area contributed by atoms with Crippen LogP contribution in [0.5, 0.6) is 5.75 Å². The van der Waals surface area contributed by atoms with Crippen LogP contribution in [0.4, 0.5) is 13.2 Å². The number of halogens is 3. The third-order valence-electron chi connectivity index (χ3n) is 15.1. The van der Waals surface area contributed by atoms with Gasteiger partial charge in [0.1, 0.15) is 23.9 Å². The highest BCUT2D eigenvalue weighted by Crippen LogP contribution is 2.58. The quantitative estimate of drug-likeness (QED) is 0.0831. The molecule has 1 spiro atoms. The molecule has 3 saturated heterocycles. The number of nitrogens with zero attached hydrogens (tertiary/aromatic N) is 3. The van der Waals surface area contributed by atoms with Gasteiger partial charge in [-0.25, -0.2) is 18.3 Å². The van der Waals surface area contributed by atoms with E-state index in [-0.39, 0.29) is 70.6 Å². The molecule has 0 unspecified atom stereocenters. The molecule has 5 fully saturated rings. The minimum atomic E-state index is -4.50. The Morgan fingerprint density at radius 3 is 2.34 bits per heavy atom. The molecule has 9 rings (SSSR count).